The van der Waals surface area contributed by atoms with Gasteiger partial charge in [-0.05, 0) is 25.8 Å². The minimum Gasteiger partial charge on any atom is -0.462 e. The van der Waals surface area contributed by atoms with Crippen LogP contribution in [-0.4, -0.2) is 30.6 Å². The highest BCUT2D eigenvalue weighted by molar-refractivity contribution is 5.96. The molecule has 0 spiro atoms. The Balaban J connectivity index is 2.40. The summed E-state index contributed by atoms with van der Waals surface area (Å²) in [6.45, 7) is 3.69. The molecule has 1 aromatic rings. The molecule has 1 aliphatic heterocycles. The van der Waals surface area contributed by atoms with Crippen molar-refractivity contribution in [3.05, 3.63) is 33.9 Å². The normalized spacial score (nSPS) is 14.5. The molecule has 0 amide bonds. The van der Waals surface area contributed by atoms with E-state index >= 15 is 0 Å². The molecule has 6 nitrogen and oxygen atoms in total. The molecular weight excluding hydrogens is 248 g/mol. The largest absolute Gasteiger partial charge is 0.462 e. The second-order valence-electron chi connectivity index (χ2n) is 4.37. The monoisotopic (exact) mass is 264 g/mol. The minimum absolute atomic E-state index is 0.0917. The second kappa shape index (κ2) is 5.69. The van der Waals surface area contributed by atoms with Gasteiger partial charge in [0.25, 0.3) is 5.69 Å². The van der Waals surface area contributed by atoms with E-state index in [4.69, 9.17) is 4.74 Å². The Labute approximate surface area is 111 Å². The summed E-state index contributed by atoms with van der Waals surface area (Å²) < 4.78 is 4.97. The fraction of sp³-hybridized carbons (Fsp3) is 0.462. The van der Waals surface area contributed by atoms with Gasteiger partial charge in [-0.2, -0.15) is 0 Å². The Kier molecular flexibility index (Phi) is 3.99. The number of esters is 1. The van der Waals surface area contributed by atoms with Crippen molar-refractivity contribution in [2.24, 2.45) is 0 Å². The summed E-state index contributed by atoms with van der Waals surface area (Å²) in [6.07, 6.45) is 2.14. The lowest BCUT2D eigenvalue weighted by Gasteiger charge is -2.20. The zero-order valence-electron chi connectivity index (χ0n) is 10.8. The summed E-state index contributed by atoms with van der Waals surface area (Å²) in [7, 11) is 0. The topological polar surface area (TPSA) is 72.7 Å². The van der Waals surface area contributed by atoms with Crippen LogP contribution in [0.15, 0.2) is 18.2 Å². The molecule has 0 unspecified atom stereocenters. The summed E-state index contributed by atoms with van der Waals surface area (Å²) in [6, 6.07) is 4.36. The van der Waals surface area contributed by atoms with Gasteiger partial charge < -0.3 is 9.64 Å². The number of carbonyl (C=O) groups is 1. The Bertz CT molecular complexity index is 495. The zero-order valence-corrected chi connectivity index (χ0v) is 10.8. The first-order valence-electron chi connectivity index (χ1n) is 6.34. The van der Waals surface area contributed by atoms with E-state index in [9.17, 15) is 14.9 Å². The third-order valence-corrected chi connectivity index (χ3v) is 3.13. The summed E-state index contributed by atoms with van der Waals surface area (Å²) in [5, 5.41) is 10.8. The summed E-state index contributed by atoms with van der Waals surface area (Å²) in [4.78, 5) is 24.3. The number of hydrogen-bond donors (Lipinski definition) is 0. The predicted octanol–water partition coefficient (Wildman–Crippen LogP) is 2.37. The molecule has 1 aromatic carbocycles. The molecule has 1 heterocycles. The van der Waals surface area contributed by atoms with Gasteiger partial charge in [0.1, 0.15) is 0 Å². The maximum absolute atomic E-state index is 11.9. The molecule has 0 atom stereocenters. The van der Waals surface area contributed by atoms with Crippen molar-refractivity contribution in [3.8, 4) is 0 Å². The van der Waals surface area contributed by atoms with Crippen LogP contribution in [0.5, 0.6) is 0 Å². The average molecular weight is 264 g/mol. The van der Waals surface area contributed by atoms with Crippen LogP contribution in [0.3, 0.4) is 0 Å². The van der Waals surface area contributed by atoms with Crippen molar-refractivity contribution >= 4 is 17.3 Å². The predicted molar refractivity (Wildman–Crippen MR) is 70.5 cm³/mol. The molecule has 0 aromatic heterocycles. The quantitative estimate of drug-likeness (QED) is 0.474. The van der Waals surface area contributed by atoms with Gasteiger partial charge in [-0.3, -0.25) is 10.1 Å². The number of nitrogens with zero attached hydrogens (tertiary/aromatic N) is 2. The smallest absolute Gasteiger partial charge is 0.340 e. The van der Waals surface area contributed by atoms with Crippen molar-refractivity contribution in [1.29, 1.82) is 0 Å². The molecule has 0 N–H and O–H groups in total. The molecule has 0 radical (unpaired) electrons. The number of benzene rings is 1. The van der Waals surface area contributed by atoms with Crippen molar-refractivity contribution in [2.75, 3.05) is 24.6 Å². The number of hydrogen-bond acceptors (Lipinski definition) is 5. The average Bonchev–Trinajstić information content (AvgIpc) is 2.92. The standard InChI is InChI=1S/C13H16N2O4/c1-2-19-13(16)11-9-10(15(17)18)5-6-12(11)14-7-3-4-8-14/h5-6,9H,2-4,7-8H2,1H3. The molecule has 2 rings (SSSR count). The number of rotatable bonds is 4. The van der Waals surface area contributed by atoms with E-state index in [0.717, 1.165) is 31.6 Å². The number of nitro groups is 1. The van der Waals surface area contributed by atoms with Gasteiger partial charge in [-0.25, -0.2) is 4.79 Å². The molecule has 0 saturated carbocycles. The molecule has 1 aliphatic rings. The van der Waals surface area contributed by atoms with Crippen LogP contribution >= 0.6 is 0 Å². The lowest BCUT2D eigenvalue weighted by atomic mass is 10.1. The van der Waals surface area contributed by atoms with E-state index in [1.165, 1.54) is 12.1 Å². The van der Waals surface area contributed by atoms with Gasteiger partial charge in [0.05, 0.1) is 22.8 Å². The number of carbonyl (C=O) groups excluding carboxylic acids is 1. The van der Waals surface area contributed by atoms with Crippen LogP contribution in [0, 0.1) is 10.1 Å². The van der Waals surface area contributed by atoms with Crippen LogP contribution in [0.4, 0.5) is 11.4 Å². The minimum atomic E-state index is -0.506. The van der Waals surface area contributed by atoms with E-state index in [2.05, 4.69) is 4.90 Å². The SMILES string of the molecule is CCOC(=O)c1cc([N+](=O)[O-])ccc1N1CCCC1. The third-order valence-electron chi connectivity index (χ3n) is 3.13. The van der Waals surface area contributed by atoms with E-state index in [1.807, 2.05) is 0 Å². The lowest BCUT2D eigenvalue weighted by Crippen LogP contribution is -2.21. The summed E-state index contributed by atoms with van der Waals surface area (Å²) in [5.74, 6) is -0.506. The van der Waals surface area contributed by atoms with Gasteiger partial charge in [0.2, 0.25) is 0 Å². The molecule has 1 fully saturated rings. The molecule has 6 heteroatoms. The van der Waals surface area contributed by atoms with Crippen LogP contribution in [0.25, 0.3) is 0 Å². The first-order chi connectivity index (χ1) is 9.13. The van der Waals surface area contributed by atoms with Gasteiger partial charge in [0.15, 0.2) is 0 Å². The summed E-state index contributed by atoms with van der Waals surface area (Å²) >= 11 is 0. The van der Waals surface area contributed by atoms with E-state index in [1.54, 1.807) is 13.0 Å². The van der Waals surface area contributed by atoms with Crippen LogP contribution in [0.1, 0.15) is 30.1 Å². The molecular formula is C13H16N2O4. The van der Waals surface area contributed by atoms with Gasteiger partial charge in [-0.1, -0.05) is 0 Å². The second-order valence-corrected chi connectivity index (χ2v) is 4.37. The van der Waals surface area contributed by atoms with Crippen LogP contribution in [-0.2, 0) is 4.74 Å². The first kappa shape index (κ1) is 13.3. The van der Waals surface area contributed by atoms with Gasteiger partial charge >= 0.3 is 5.97 Å². The first-order valence-corrected chi connectivity index (χ1v) is 6.34. The summed E-state index contributed by atoms with van der Waals surface area (Å²) in [5.41, 5.74) is 0.908. The van der Waals surface area contributed by atoms with E-state index < -0.39 is 10.9 Å². The highest BCUT2D eigenvalue weighted by atomic mass is 16.6. The third kappa shape index (κ3) is 2.83. The van der Waals surface area contributed by atoms with Crippen molar-refractivity contribution < 1.29 is 14.5 Å². The molecule has 19 heavy (non-hydrogen) atoms. The highest BCUT2D eigenvalue weighted by Crippen LogP contribution is 2.28. The molecule has 102 valence electrons. The van der Waals surface area contributed by atoms with Crippen LogP contribution < -0.4 is 4.90 Å². The Hall–Kier alpha value is -2.11. The van der Waals surface area contributed by atoms with Crippen molar-refractivity contribution in [1.82, 2.24) is 0 Å². The van der Waals surface area contributed by atoms with Crippen molar-refractivity contribution in [2.45, 2.75) is 19.8 Å². The van der Waals surface area contributed by atoms with Crippen molar-refractivity contribution in [3.63, 3.8) is 0 Å². The fourth-order valence-electron chi connectivity index (χ4n) is 2.24. The molecule has 0 bridgehead atoms. The maximum Gasteiger partial charge on any atom is 0.340 e. The highest BCUT2D eigenvalue weighted by Gasteiger charge is 2.23. The van der Waals surface area contributed by atoms with Gasteiger partial charge in [-0.15, -0.1) is 0 Å². The van der Waals surface area contributed by atoms with E-state index in [0.29, 0.717) is 0 Å². The Morgan fingerprint density at radius 3 is 2.68 bits per heavy atom. The number of non-ortho nitro benzene ring substituents is 1. The Morgan fingerprint density at radius 2 is 2.11 bits per heavy atom. The van der Waals surface area contributed by atoms with Crippen LogP contribution in [0.2, 0.25) is 0 Å². The van der Waals surface area contributed by atoms with Gasteiger partial charge in [0, 0.05) is 25.2 Å². The number of nitro benzene ring substituents is 1. The fourth-order valence-corrected chi connectivity index (χ4v) is 2.24. The number of ether oxygens (including phenoxy) is 1. The van der Waals surface area contributed by atoms with E-state index in [-0.39, 0.29) is 17.9 Å². The molecule has 1 saturated heterocycles. The number of anilines is 1. The maximum atomic E-state index is 11.9. The zero-order chi connectivity index (χ0) is 13.8. The lowest BCUT2D eigenvalue weighted by molar-refractivity contribution is -0.384. The molecule has 0 aliphatic carbocycles. The Morgan fingerprint density at radius 1 is 1.42 bits per heavy atom.